The molecule has 144 valence electrons. The van der Waals surface area contributed by atoms with Gasteiger partial charge in [0.25, 0.3) is 0 Å². The molecule has 1 amide bonds. The number of alkyl halides is 3. The average Bonchev–Trinajstić information content (AvgIpc) is 2.60. The number of piperidine rings is 1. The highest BCUT2D eigenvalue weighted by molar-refractivity contribution is 5.79. The molecule has 0 spiro atoms. The van der Waals surface area contributed by atoms with Crippen molar-refractivity contribution in [3.8, 4) is 0 Å². The summed E-state index contributed by atoms with van der Waals surface area (Å²) in [6.45, 7) is 5.91. The zero-order chi connectivity index (χ0) is 18.9. The van der Waals surface area contributed by atoms with E-state index in [1.54, 1.807) is 0 Å². The summed E-state index contributed by atoms with van der Waals surface area (Å²) in [5.74, 6) is 0.341. The van der Waals surface area contributed by atoms with Crippen LogP contribution in [0.15, 0.2) is 18.3 Å². The van der Waals surface area contributed by atoms with E-state index in [1.807, 2.05) is 18.7 Å². The number of hydrogen-bond donors (Lipinski definition) is 0. The molecule has 3 heterocycles. The van der Waals surface area contributed by atoms with E-state index in [2.05, 4.69) is 4.98 Å². The van der Waals surface area contributed by atoms with Crippen LogP contribution in [0.5, 0.6) is 0 Å². The van der Waals surface area contributed by atoms with Gasteiger partial charge in [0, 0.05) is 31.8 Å². The molecule has 1 aromatic rings. The first-order chi connectivity index (χ1) is 12.2. The van der Waals surface area contributed by atoms with Crippen molar-refractivity contribution in [2.75, 3.05) is 19.7 Å². The van der Waals surface area contributed by atoms with Crippen molar-refractivity contribution in [2.24, 2.45) is 5.92 Å². The van der Waals surface area contributed by atoms with Gasteiger partial charge in [0.1, 0.15) is 5.69 Å². The van der Waals surface area contributed by atoms with Gasteiger partial charge in [0.15, 0.2) is 0 Å². The normalized spacial score (nSPS) is 24.5. The third kappa shape index (κ3) is 4.37. The number of carbonyl (C=O) groups excluding carboxylic acids is 1. The van der Waals surface area contributed by atoms with Crippen LogP contribution in [0.2, 0.25) is 0 Å². The molecule has 1 aromatic heterocycles. The Kier molecular flexibility index (Phi) is 5.28. The van der Waals surface area contributed by atoms with Crippen LogP contribution in [0.4, 0.5) is 13.2 Å². The molecule has 0 radical (unpaired) electrons. The molecule has 2 aliphatic heterocycles. The second kappa shape index (κ2) is 7.18. The number of carbonyl (C=O) groups is 1. The van der Waals surface area contributed by atoms with Crippen LogP contribution in [-0.4, -0.2) is 41.1 Å². The second-order valence-electron chi connectivity index (χ2n) is 7.87. The molecule has 1 unspecified atom stereocenters. The first-order valence-corrected chi connectivity index (χ1v) is 9.11. The molecule has 26 heavy (non-hydrogen) atoms. The van der Waals surface area contributed by atoms with E-state index in [9.17, 15) is 18.0 Å². The Morgan fingerprint density at radius 1 is 1.23 bits per heavy atom. The standard InChI is InChI=1S/C19H25F3N2O2/c1-18(2)11-14(7-10-26-18)17(25)24-8-5-13(6-9-24)15-3-4-16(23-12-15)19(20,21)22/h3-4,12-14H,5-11H2,1-2H3. The number of ether oxygens (including phenoxy) is 1. The number of nitrogens with zero attached hydrogens (tertiary/aromatic N) is 2. The molecule has 0 aliphatic carbocycles. The molecule has 2 aliphatic rings. The Labute approximate surface area is 151 Å². The summed E-state index contributed by atoms with van der Waals surface area (Å²) in [6.07, 6.45) is -0.0891. The maximum atomic E-state index is 12.8. The monoisotopic (exact) mass is 370 g/mol. The van der Waals surface area contributed by atoms with Gasteiger partial charge in [0.05, 0.1) is 5.60 Å². The highest BCUT2D eigenvalue weighted by atomic mass is 19.4. The molecule has 2 fully saturated rings. The van der Waals surface area contributed by atoms with Crippen molar-refractivity contribution < 1.29 is 22.7 Å². The molecule has 2 saturated heterocycles. The number of amides is 1. The second-order valence-corrected chi connectivity index (χ2v) is 7.87. The minimum absolute atomic E-state index is 0.00281. The van der Waals surface area contributed by atoms with Crippen LogP contribution in [0, 0.1) is 5.92 Å². The number of aromatic nitrogens is 1. The summed E-state index contributed by atoms with van der Waals surface area (Å²) >= 11 is 0. The van der Waals surface area contributed by atoms with Crippen molar-refractivity contribution in [1.29, 1.82) is 0 Å². The maximum Gasteiger partial charge on any atom is 0.433 e. The molecule has 1 atom stereocenters. The molecule has 4 nitrogen and oxygen atoms in total. The number of pyridine rings is 1. The lowest BCUT2D eigenvalue weighted by molar-refractivity contribution is -0.146. The Hall–Kier alpha value is -1.63. The van der Waals surface area contributed by atoms with E-state index < -0.39 is 11.9 Å². The lowest BCUT2D eigenvalue weighted by atomic mass is 9.85. The molecule has 0 saturated carbocycles. The molecule has 3 rings (SSSR count). The van der Waals surface area contributed by atoms with Crippen molar-refractivity contribution in [3.05, 3.63) is 29.6 Å². The van der Waals surface area contributed by atoms with Gasteiger partial charge in [-0.05, 0) is 57.1 Å². The summed E-state index contributed by atoms with van der Waals surface area (Å²) in [6, 6.07) is 2.55. The summed E-state index contributed by atoms with van der Waals surface area (Å²) in [5, 5.41) is 0. The van der Waals surface area contributed by atoms with Gasteiger partial charge in [-0.1, -0.05) is 6.07 Å². The molecular weight excluding hydrogens is 345 g/mol. The van der Waals surface area contributed by atoms with Crippen LogP contribution in [0.1, 0.15) is 56.7 Å². The van der Waals surface area contributed by atoms with E-state index in [0.717, 1.165) is 37.3 Å². The number of rotatable bonds is 2. The van der Waals surface area contributed by atoms with Crippen molar-refractivity contribution >= 4 is 5.91 Å². The lowest BCUT2D eigenvalue weighted by Gasteiger charge is -2.39. The number of likely N-dealkylation sites (tertiary alicyclic amines) is 1. The zero-order valence-corrected chi connectivity index (χ0v) is 15.2. The Morgan fingerprint density at radius 2 is 1.92 bits per heavy atom. The summed E-state index contributed by atoms with van der Waals surface area (Å²) in [5.41, 5.74) is -0.309. The Morgan fingerprint density at radius 3 is 2.46 bits per heavy atom. The SMILES string of the molecule is CC1(C)CC(C(=O)N2CCC(c3ccc(C(F)(F)F)nc3)CC2)CCO1. The average molecular weight is 370 g/mol. The van der Waals surface area contributed by atoms with Gasteiger partial charge < -0.3 is 9.64 Å². The van der Waals surface area contributed by atoms with E-state index in [1.165, 1.54) is 12.3 Å². The van der Waals surface area contributed by atoms with E-state index >= 15 is 0 Å². The van der Waals surface area contributed by atoms with Crippen molar-refractivity contribution in [3.63, 3.8) is 0 Å². The third-order valence-corrected chi connectivity index (χ3v) is 5.40. The van der Waals surface area contributed by atoms with Gasteiger partial charge in [0.2, 0.25) is 5.91 Å². The number of halogens is 3. The van der Waals surface area contributed by atoms with Crippen molar-refractivity contribution in [1.82, 2.24) is 9.88 Å². The predicted octanol–water partition coefficient (Wildman–Crippen LogP) is 4.01. The summed E-state index contributed by atoms with van der Waals surface area (Å²) < 4.78 is 43.5. The van der Waals surface area contributed by atoms with Gasteiger partial charge >= 0.3 is 6.18 Å². The van der Waals surface area contributed by atoms with Crippen molar-refractivity contribution in [2.45, 2.75) is 57.2 Å². The molecular formula is C19H25F3N2O2. The molecule has 0 N–H and O–H groups in total. The topological polar surface area (TPSA) is 42.4 Å². The minimum atomic E-state index is -4.41. The fourth-order valence-electron chi connectivity index (χ4n) is 3.95. The molecule has 0 bridgehead atoms. The Balaban J connectivity index is 1.56. The van der Waals surface area contributed by atoms with Crippen LogP contribution in [0.3, 0.4) is 0 Å². The summed E-state index contributed by atoms with van der Waals surface area (Å²) in [7, 11) is 0. The predicted molar refractivity (Wildman–Crippen MR) is 90.5 cm³/mol. The first kappa shape index (κ1) is 19.1. The molecule has 7 heteroatoms. The largest absolute Gasteiger partial charge is 0.433 e. The number of hydrogen-bond acceptors (Lipinski definition) is 3. The third-order valence-electron chi connectivity index (χ3n) is 5.40. The highest BCUT2D eigenvalue weighted by Crippen LogP contribution is 2.34. The van der Waals surface area contributed by atoms with Gasteiger partial charge in [-0.25, -0.2) is 0 Å². The Bertz CT molecular complexity index is 635. The van der Waals surface area contributed by atoms with Gasteiger partial charge in [-0.3, -0.25) is 9.78 Å². The van der Waals surface area contributed by atoms with E-state index in [4.69, 9.17) is 4.74 Å². The quantitative estimate of drug-likeness (QED) is 0.790. The van der Waals surface area contributed by atoms with Crippen LogP contribution >= 0.6 is 0 Å². The maximum absolute atomic E-state index is 12.8. The van der Waals surface area contributed by atoms with Gasteiger partial charge in [-0.2, -0.15) is 13.2 Å². The summed E-state index contributed by atoms with van der Waals surface area (Å²) in [4.78, 5) is 18.2. The highest BCUT2D eigenvalue weighted by Gasteiger charge is 2.36. The fourth-order valence-corrected chi connectivity index (χ4v) is 3.95. The smallest absolute Gasteiger partial charge is 0.376 e. The van der Waals surface area contributed by atoms with E-state index in [-0.39, 0.29) is 23.3 Å². The van der Waals surface area contributed by atoms with Gasteiger partial charge in [-0.15, -0.1) is 0 Å². The van der Waals surface area contributed by atoms with Crippen LogP contribution in [-0.2, 0) is 15.7 Å². The minimum Gasteiger partial charge on any atom is -0.376 e. The van der Waals surface area contributed by atoms with Crippen LogP contribution in [0.25, 0.3) is 0 Å². The zero-order valence-electron chi connectivity index (χ0n) is 15.2. The van der Waals surface area contributed by atoms with E-state index in [0.29, 0.717) is 19.7 Å². The fraction of sp³-hybridized carbons (Fsp3) is 0.684. The lowest BCUT2D eigenvalue weighted by Crippen LogP contribution is -2.46. The molecule has 0 aromatic carbocycles. The van der Waals surface area contributed by atoms with Crippen LogP contribution < -0.4 is 0 Å². The first-order valence-electron chi connectivity index (χ1n) is 9.11.